The fraction of sp³-hybridized carbons (Fsp3) is 0.794. The van der Waals surface area contributed by atoms with Gasteiger partial charge in [-0.3, -0.25) is 9.59 Å². The van der Waals surface area contributed by atoms with E-state index in [0.29, 0.717) is 11.8 Å². The van der Waals surface area contributed by atoms with E-state index in [1.165, 1.54) is 20.1 Å². The SMILES string of the molecule is CC(=O)O[C@H]1CC[C@@H]2C(=C[C@H](O)[C@@H]3[C@@]2(C=O)CC[C@]2(C)C([C@H](C)C[C@H](C=C(C)C)OC(C)=O)CC[C@@]32C)C1(C)C. The van der Waals surface area contributed by atoms with Crippen LogP contribution in [0.3, 0.4) is 0 Å². The molecule has 10 atom stereocenters. The largest absolute Gasteiger partial charge is 0.462 e. The molecule has 40 heavy (non-hydrogen) atoms. The lowest BCUT2D eigenvalue weighted by atomic mass is 9.38. The molecule has 4 aliphatic rings. The zero-order valence-corrected chi connectivity index (χ0v) is 26.2. The second-order valence-electron chi connectivity index (χ2n) is 14.9. The standard InChI is InChI=1S/C34H52O6/c1-20(2)16-24(39-22(4)36)17-21(3)25-12-13-33(9)30-28(38)18-27-26(34(30,19-35)15-14-32(25,33)8)10-11-29(31(27,6)7)40-23(5)37/h16,18-19,21,24-26,28-30,38H,10-15,17H2,1-9H3/t21-,24+,25?,26-,28+,29+,30+,32-,33+,34-/m1/s1. The van der Waals surface area contributed by atoms with Crippen molar-refractivity contribution in [2.45, 2.75) is 126 Å². The molecule has 1 N–H and O–H groups in total. The summed E-state index contributed by atoms with van der Waals surface area (Å²) in [5.74, 6) is 0.0586. The molecule has 224 valence electrons. The third-order valence-corrected chi connectivity index (χ3v) is 12.1. The third-order valence-electron chi connectivity index (χ3n) is 12.1. The maximum absolute atomic E-state index is 13.3. The molecule has 4 aliphatic carbocycles. The monoisotopic (exact) mass is 556 g/mol. The molecule has 6 heteroatoms. The van der Waals surface area contributed by atoms with Crippen LogP contribution in [0.25, 0.3) is 0 Å². The van der Waals surface area contributed by atoms with Crippen molar-refractivity contribution in [2.24, 2.45) is 45.3 Å². The van der Waals surface area contributed by atoms with Crippen LogP contribution in [0.1, 0.15) is 107 Å². The first-order valence-electron chi connectivity index (χ1n) is 15.4. The van der Waals surface area contributed by atoms with Gasteiger partial charge in [-0.1, -0.05) is 51.8 Å². The molecule has 4 rings (SSSR count). The number of aldehydes is 1. The quantitative estimate of drug-likeness (QED) is 0.216. The number of carbonyl (C=O) groups excluding carboxylic acids is 3. The minimum Gasteiger partial charge on any atom is -0.462 e. The van der Waals surface area contributed by atoms with E-state index in [9.17, 15) is 19.5 Å². The van der Waals surface area contributed by atoms with Crippen LogP contribution in [0.15, 0.2) is 23.3 Å². The minimum absolute atomic E-state index is 0.0454. The van der Waals surface area contributed by atoms with Gasteiger partial charge in [-0.2, -0.15) is 0 Å². The van der Waals surface area contributed by atoms with Crippen molar-refractivity contribution < 1.29 is 29.0 Å². The van der Waals surface area contributed by atoms with Crippen LogP contribution in [0.5, 0.6) is 0 Å². The number of ether oxygens (including phenoxy) is 2. The van der Waals surface area contributed by atoms with E-state index in [4.69, 9.17) is 9.47 Å². The van der Waals surface area contributed by atoms with Gasteiger partial charge in [-0.25, -0.2) is 0 Å². The Morgan fingerprint density at radius 1 is 1.00 bits per heavy atom. The second kappa shape index (κ2) is 10.7. The first-order valence-corrected chi connectivity index (χ1v) is 15.4. The number of aliphatic hydroxyl groups excluding tert-OH is 1. The van der Waals surface area contributed by atoms with E-state index in [0.717, 1.165) is 56.1 Å². The van der Waals surface area contributed by atoms with Crippen molar-refractivity contribution in [2.75, 3.05) is 0 Å². The Morgan fingerprint density at radius 2 is 1.68 bits per heavy atom. The number of hydrogen-bond donors (Lipinski definition) is 1. The Hall–Kier alpha value is -1.95. The van der Waals surface area contributed by atoms with Crippen molar-refractivity contribution >= 4 is 18.2 Å². The summed E-state index contributed by atoms with van der Waals surface area (Å²) < 4.78 is 11.4. The minimum atomic E-state index is -0.732. The molecule has 1 unspecified atom stereocenters. The van der Waals surface area contributed by atoms with Crippen molar-refractivity contribution in [1.29, 1.82) is 0 Å². The van der Waals surface area contributed by atoms with Crippen LogP contribution in [-0.4, -0.2) is 41.6 Å². The van der Waals surface area contributed by atoms with Crippen LogP contribution in [0.4, 0.5) is 0 Å². The molecule has 3 fully saturated rings. The number of fused-ring (bicyclic) bond motifs is 5. The number of rotatable bonds is 7. The molecule has 0 aromatic rings. The summed E-state index contributed by atoms with van der Waals surface area (Å²) in [5, 5.41) is 11.9. The normalized spacial score (nSPS) is 41.2. The molecule has 0 spiro atoms. The lowest BCUT2D eigenvalue weighted by molar-refractivity contribution is -0.185. The van der Waals surface area contributed by atoms with Crippen LogP contribution in [0.2, 0.25) is 0 Å². The van der Waals surface area contributed by atoms with Gasteiger partial charge in [-0.05, 0) is 93.5 Å². The van der Waals surface area contributed by atoms with Gasteiger partial charge in [0.25, 0.3) is 0 Å². The summed E-state index contributed by atoms with van der Waals surface area (Å²) in [5.41, 5.74) is 0.886. The average Bonchev–Trinajstić information content (AvgIpc) is 3.11. The highest BCUT2D eigenvalue weighted by Gasteiger charge is 2.70. The van der Waals surface area contributed by atoms with Crippen molar-refractivity contribution in [3.63, 3.8) is 0 Å². The smallest absolute Gasteiger partial charge is 0.303 e. The van der Waals surface area contributed by atoms with E-state index in [1.807, 2.05) is 19.9 Å². The van der Waals surface area contributed by atoms with Gasteiger partial charge >= 0.3 is 11.9 Å². The highest BCUT2D eigenvalue weighted by atomic mass is 16.5. The summed E-state index contributed by atoms with van der Waals surface area (Å²) >= 11 is 0. The number of carbonyl (C=O) groups is 3. The van der Waals surface area contributed by atoms with Crippen LogP contribution in [0, 0.1) is 45.3 Å². The second-order valence-corrected chi connectivity index (χ2v) is 14.9. The molecule has 0 saturated heterocycles. The van der Waals surface area contributed by atoms with Gasteiger partial charge < -0.3 is 19.4 Å². The van der Waals surface area contributed by atoms with E-state index in [2.05, 4.69) is 40.7 Å². The van der Waals surface area contributed by atoms with Crippen LogP contribution < -0.4 is 0 Å². The Kier molecular flexibility index (Phi) is 8.30. The number of esters is 2. The summed E-state index contributed by atoms with van der Waals surface area (Å²) in [6.07, 6.45) is 10.0. The van der Waals surface area contributed by atoms with E-state index < -0.39 is 16.9 Å². The highest BCUT2D eigenvalue weighted by Crippen LogP contribution is 2.74. The van der Waals surface area contributed by atoms with Crippen molar-refractivity contribution in [3.05, 3.63) is 23.3 Å². The predicted molar refractivity (Wildman–Crippen MR) is 155 cm³/mol. The Morgan fingerprint density at radius 3 is 2.25 bits per heavy atom. The molecule has 0 radical (unpaired) electrons. The predicted octanol–water partition coefficient (Wildman–Crippen LogP) is 6.60. The number of aliphatic hydroxyl groups is 1. The summed E-state index contributed by atoms with van der Waals surface area (Å²) in [6, 6.07) is 0. The fourth-order valence-corrected chi connectivity index (χ4v) is 10.2. The van der Waals surface area contributed by atoms with E-state index in [-0.39, 0.29) is 46.8 Å². The lowest BCUT2D eigenvalue weighted by Gasteiger charge is -2.66. The van der Waals surface area contributed by atoms with E-state index >= 15 is 0 Å². The zero-order chi connectivity index (χ0) is 29.8. The lowest BCUT2D eigenvalue weighted by Crippen LogP contribution is -2.64. The van der Waals surface area contributed by atoms with Gasteiger partial charge in [0.2, 0.25) is 0 Å². The first-order chi connectivity index (χ1) is 18.5. The number of hydrogen-bond acceptors (Lipinski definition) is 6. The molecule has 0 heterocycles. The maximum atomic E-state index is 13.3. The summed E-state index contributed by atoms with van der Waals surface area (Å²) in [4.78, 5) is 37.0. The van der Waals surface area contributed by atoms with E-state index in [1.54, 1.807) is 0 Å². The summed E-state index contributed by atoms with van der Waals surface area (Å²) in [7, 11) is 0. The summed E-state index contributed by atoms with van der Waals surface area (Å²) in [6.45, 7) is 18.2. The highest BCUT2D eigenvalue weighted by molar-refractivity contribution is 5.67. The molecule has 0 amide bonds. The fourth-order valence-electron chi connectivity index (χ4n) is 10.2. The maximum Gasteiger partial charge on any atom is 0.303 e. The van der Waals surface area contributed by atoms with Gasteiger partial charge in [0.1, 0.15) is 18.5 Å². The van der Waals surface area contributed by atoms with Gasteiger partial charge in [-0.15, -0.1) is 0 Å². The molecule has 0 bridgehead atoms. The van der Waals surface area contributed by atoms with Crippen molar-refractivity contribution in [1.82, 2.24) is 0 Å². The van der Waals surface area contributed by atoms with Crippen LogP contribution >= 0.6 is 0 Å². The average molecular weight is 557 g/mol. The first kappa shape index (κ1) is 31.0. The topological polar surface area (TPSA) is 89.9 Å². The van der Waals surface area contributed by atoms with Crippen LogP contribution in [-0.2, 0) is 23.9 Å². The third kappa shape index (κ3) is 4.80. The molecule has 0 aromatic carbocycles. The molecule has 3 saturated carbocycles. The molecule has 0 aliphatic heterocycles. The Bertz CT molecular complexity index is 1080. The van der Waals surface area contributed by atoms with Gasteiger partial charge in [0, 0.05) is 30.6 Å². The molecule has 0 aromatic heterocycles. The zero-order valence-electron chi connectivity index (χ0n) is 26.2. The Balaban J connectivity index is 1.69. The van der Waals surface area contributed by atoms with Gasteiger partial charge in [0.15, 0.2) is 0 Å². The molecular formula is C34H52O6. The Labute approximate surface area is 241 Å². The van der Waals surface area contributed by atoms with Gasteiger partial charge in [0.05, 0.1) is 6.10 Å². The number of allylic oxidation sites excluding steroid dienone is 1. The molecule has 6 nitrogen and oxygen atoms in total. The van der Waals surface area contributed by atoms with Crippen molar-refractivity contribution in [3.8, 4) is 0 Å². The molecular weight excluding hydrogens is 504 g/mol.